The van der Waals surface area contributed by atoms with Crippen LogP contribution in [0.25, 0.3) is 5.69 Å². The summed E-state index contributed by atoms with van der Waals surface area (Å²) in [7, 11) is 2.11. The minimum atomic E-state index is -0.341. The summed E-state index contributed by atoms with van der Waals surface area (Å²) in [4.78, 5) is 14.7. The normalized spacial score (nSPS) is 13.3. The molecule has 0 radical (unpaired) electrons. The lowest BCUT2D eigenvalue weighted by Gasteiger charge is -2.27. The van der Waals surface area contributed by atoms with E-state index in [1.165, 1.54) is 28.1 Å². The first-order valence-electron chi connectivity index (χ1n) is 9.03. The van der Waals surface area contributed by atoms with Crippen LogP contribution in [0.5, 0.6) is 0 Å². The van der Waals surface area contributed by atoms with Crippen molar-refractivity contribution in [3.63, 3.8) is 0 Å². The summed E-state index contributed by atoms with van der Waals surface area (Å²) in [5.74, 6) is -0.591. The highest BCUT2D eigenvalue weighted by Gasteiger charge is 2.15. The molecule has 2 heterocycles. The lowest BCUT2D eigenvalue weighted by Crippen LogP contribution is -2.26. The van der Waals surface area contributed by atoms with E-state index < -0.39 is 0 Å². The number of carbonyl (C=O) groups excluding carboxylic acids is 1. The first-order valence-corrected chi connectivity index (χ1v) is 9.03. The molecule has 1 aliphatic heterocycles. The first kappa shape index (κ1) is 17.3. The third kappa shape index (κ3) is 3.69. The number of nitrogens with one attached hydrogen (secondary N) is 1. The van der Waals surface area contributed by atoms with E-state index in [0.29, 0.717) is 17.9 Å². The fourth-order valence-corrected chi connectivity index (χ4v) is 3.43. The molecule has 0 unspecified atom stereocenters. The van der Waals surface area contributed by atoms with Crippen molar-refractivity contribution in [1.82, 2.24) is 15.1 Å². The molecule has 5 nitrogen and oxygen atoms in total. The highest BCUT2D eigenvalue weighted by atomic mass is 19.1. The number of hydrogen-bond acceptors (Lipinski definition) is 3. The zero-order valence-corrected chi connectivity index (χ0v) is 15.2. The van der Waals surface area contributed by atoms with E-state index in [-0.39, 0.29) is 11.7 Å². The smallest absolute Gasteiger partial charge is 0.272 e. The lowest BCUT2D eigenvalue weighted by molar-refractivity contribution is 0.0945. The number of rotatable bonds is 4. The van der Waals surface area contributed by atoms with Crippen LogP contribution >= 0.6 is 0 Å². The second-order valence-electron chi connectivity index (χ2n) is 6.80. The van der Waals surface area contributed by atoms with Crippen LogP contribution in [0.3, 0.4) is 0 Å². The highest BCUT2D eigenvalue weighted by Crippen LogP contribution is 2.26. The summed E-state index contributed by atoms with van der Waals surface area (Å²) >= 11 is 0. The Morgan fingerprint density at radius 2 is 2.11 bits per heavy atom. The van der Waals surface area contributed by atoms with Gasteiger partial charge >= 0.3 is 0 Å². The number of fused-ring (bicyclic) bond motifs is 1. The number of aromatic nitrogens is 2. The van der Waals surface area contributed by atoms with E-state index in [1.807, 2.05) is 6.07 Å². The average Bonchev–Trinajstić information content (AvgIpc) is 3.17. The summed E-state index contributed by atoms with van der Waals surface area (Å²) in [5, 5.41) is 7.15. The number of hydrogen-bond donors (Lipinski definition) is 1. The van der Waals surface area contributed by atoms with E-state index in [2.05, 4.69) is 34.5 Å². The molecule has 1 N–H and O–H groups in total. The number of anilines is 1. The van der Waals surface area contributed by atoms with Crippen LogP contribution in [-0.2, 0) is 13.0 Å². The van der Waals surface area contributed by atoms with Gasteiger partial charge in [-0.25, -0.2) is 9.07 Å². The van der Waals surface area contributed by atoms with E-state index in [0.717, 1.165) is 24.9 Å². The van der Waals surface area contributed by atoms with Crippen LogP contribution in [-0.4, -0.2) is 29.3 Å². The number of amides is 1. The van der Waals surface area contributed by atoms with Gasteiger partial charge in [0.25, 0.3) is 5.91 Å². The van der Waals surface area contributed by atoms with Crippen molar-refractivity contribution in [3.05, 3.63) is 77.4 Å². The molecule has 0 aliphatic carbocycles. The Labute approximate surface area is 157 Å². The zero-order valence-electron chi connectivity index (χ0n) is 15.2. The first-order chi connectivity index (χ1) is 13.1. The van der Waals surface area contributed by atoms with Crippen LogP contribution in [0.2, 0.25) is 0 Å². The third-order valence-electron chi connectivity index (χ3n) is 4.84. The van der Waals surface area contributed by atoms with Gasteiger partial charge in [0, 0.05) is 32.0 Å². The fourth-order valence-electron chi connectivity index (χ4n) is 3.43. The minimum Gasteiger partial charge on any atom is -0.374 e. The van der Waals surface area contributed by atoms with Crippen LogP contribution in [0.1, 0.15) is 28.0 Å². The Morgan fingerprint density at radius 1 is 1.22 bits per heavy atom. The summed E-state index contributed by atoms with van der Waals surface area (Å²) in [6.45, 7) is 1.53. The van der Waals surface area contributed by atoms with Gasteiger partial charge in [0.2, 0.25) is 0 Å². The van der Waals surface area contributed by atoms with E-state index in [4.69, 9.17) is 0 Å². The lowest BCUT2D eigenvalue weighted by atomic mass is 9.99. The van der Waals surface area contributed by atoms with E-state index >= 15 is 0 Å². The van der Waals surface area contributed by atoms with Crippen molar-refractivity contribution in [2.24, 2.45) is 0 Å². The Morgan fingerprint density at radius 3 is 2.96 bits per heavy atom. The molecule has 0 fully saturated rings. The molecule has 138 valence electrons. The summed E-state index contributed by atoms with van der Waals surface area (Å²) < 4.78 is 14.8. The van der Waals surface area contributed by atoms with Gasteiger partial charge in [-0.1, -0.05) is 18.2 Å². The molecule has 1 aliphatic rings. The molecule has 1 aromatic heterocycles. The van der Waals surface area contributed by atoms with Gasteiger partial charge in [0.05, 0.1) is 5.69 Å². The van der Waals surface area contributed by atoms with Gasteiger partial charge in [-0.05, 0) is 54.3 Å². The van der Waals surface area contributed by atoms with Crippen molar-refractivity contribution in [1.29, 1.82) is 0 Å². The molecule has 0 bridgehead atoms. The van der Waals surface area contributed by atoms with E-state index in [9.17, 15) is 9.18 Å². The molecule has 1 amide bonds. The molecular formula is C21H21FN4O. The third-order valence-corrected chi connectivity index (χ3v) is 4.84. The maximum absolute atomic E-state index is 13.3. The molecule has 0 saturated heterocycles. The molecule has 27 heavy (non-hydrogen) atoms. The van der Waals surface area contributed by atoms with E-state index in [1.54, 1.807) is 24.4 Å². The van der Waals surface area contributed by atoms with Crippen molar-refractivity contribution < 1.29 is 9.18 Å². The van der Waals surface area contributed by atoms with Gasteiger partial charge in [-0.3, -0.25) is 4.79 Å². The molecule has 3 aromatic rings. The largest absolute Gasteiger partial charge is 0.374 e. The number of benzene rings is 2. The zero-order chi connectivity index (χ0) is 18.8. The number of aryl methyl sites for hydroxylation is 1. The Balaban J connectivity index is 1.43. The predicted molar refractivity (Wildman–Crippen MR) is 103 cm³/mol. The van der Waals surface area contributed by atoms with Crippen LogP contribution < -0.4 is 10.2 Å². The average molecular weight is 364 g/mol. The number of carbonyl (C=O) groups is 1. The van der Waals surface area contributed by atoms with Gasteiger partial charge in [-0.2, -0.15) is 5.10 Å². The van der Waals surface area contributed by atoms with Crippen LogP contribution in [0.15, 0.2) is 54.7 Å². The van der Waals surface area contributed by atoms with Crippen molar-refractivity contribution in [2.45, 2.75) is 19.4 Å². The van der Waals surface area contributed by atoms with Gasteiger partial charge in [0.1, 0.15) is 5.82 Å². The summed E-state index contributed by atoms with van der Waals surface area (Å²) in [5.41, 5.74) is 4.54. The van der Waals surface area contributed by atoms with Crippen LogP contribution in [0, 0.1) is 5.82 Å². The summed E-state index contributed by atoms with van der Waals surface area (Å²) in [6, 6.07) is 14.1. The molecular weight excluding hydrogens is 343 g/mol. The van der Waals surface area contributed by atoms with Crippen molar-refractivity contribution in [2.75, 3.05) is 18.5 Å². The maximum Gasteiger partial charge on any atom is 0.272 e. The van der Waals surface area contributed by atoms with Gasteiger partial charge in [0.15, 0.2) is 5.69 Å². The minimum absolute atomic E-state index is 0.250. The van der Waals surface area contributed by atoms with Crippen molar-refractivity contribution >= 4 is 11.6 Å². The van der Waals surface area contributed by atoms with Gasteiger partial charge < -0.3 is 10.2 Å². The van der Waals surface area contributed by atoms with Crippen LogP contribution in [0.4, 0.5) is 10.1 Å². The highest BCUT2D eigenvalue weighted by molar-refractivity contribution is 5.92. The van der Waals surface area contributed by atoms with Crippen molar-refractivity contribution in [3.8, 4) is 5.69 Å². The quantitative estimate of drug-likeness (QED) is 0.773. The molecule has 0 atom stereocenters. The second kappa shape index (κ2) is 7.23. The topological polar surface area (TPSA) is 50.2 Å². The Kier molecular flexibility index (Phi) is 4.62. The molecule has 0 spiro atoms. The molecule has 2 aromatic carbocycles. The number of halogens is 1. The standard InChI is InChI=1S/C21H21FN4O/c1-25-10-3-4-16-12-15(7-8-20(16)25)14-23-21(27)19-9-11-26(24-19)18-6-2-5-17(22)13-18/h2,5-9,11-13H,3-4,10,14H2,1H3,(H,23,27). The summed E-state index contributed by atoms with van der Waals surface area (Å²) in [6.07, 6.45) is 3.87. The predicted octanol–water partition coefficient (Wildman–Crippen LogP) is 3.32. The van der Waals surface area contributed by atoms with Gasteiger partial charge in [-0.15, -0.1) is 0 Å². The molecule has 4 rings (SSSR count). The monoisotopic (exact) mass is 364 g/mol. The SMILES string of the molecule is CN1CCCc2cc(CNC(=O)c3ccn(-c4cccc(F)c4)n3)ccc21. The second-order valence-corrected chi connectivity index (χ2v) is 6.80. The molecule has 6 heteroatoms. The maximum atomic E-state index is 13.3. The fraction of sp³-hybridized carbons (Fsp3) is 0.238. The Bertz CT molecular complexity index is 982. The Hall–Kier alpha value is -3.15. The molecule has 0 saturated carbocycles. The number of nitrogens with zero attached hydrogens (tertiary/aromatic N) is 3.